The predicted octanol–water partition coefficient (Wildman–Crippen LogP) is 2.81. The van der Waals surface area contributed by atoms with Crippen LogP contribution in [-0.2, 0) is 6.42 Å². The van der Waals surface area contributed by atoms with Crippen LogP contribution in [0.25, 0.3) is 0 Å². The first-order valence-corrected chi connectivity index (χ1v) is 7.47. The second-order valence-corrected chi connectivity index (χ2v) is 5.00. The van der Waals surface area contributed by atoms with Gasteiger partial charge in [-0.15, -0.1) is 0 Å². The van der Waals surface area contributed by atoms with Gasteiger partial charge in [0, 0.05) is 13.1 Å². The SMILES string of the molecule is CCCCCCNC(=O)NCCc1ccc(C(=O)O)cc1. The van der Waals surface area contributed by atoms with E-state index in [4.69, 9.17) is 5.11 Å². The van der Waals surface area contributed by atoms with E-state index in [2.05, 4.69) is 17.6 Å². The third-order valence-corrected chi connectivity index (χ3v) is 3.22. The smallest absolute Gasteiger partial charge is 0.335 e. The Morgan fingerprint density at radius 2 is 1.67 bits per heavy atom. The number of unbranched alkanes of at least 4 members (excludes halogenated alkanes) is 3. The molecule has 0 aromatic heterocycles. The van der Waals surface area contributed by atoms with Gasteiger partial charge >= 0.3 is 12.0 Å². The lowest BCUT2D eigenvalue weighted by Crippen LogP contribution is -2.37. The highest BCUT2D eigenvalue weighted by Crippen LogP contribution is 2.04. The molecule has 0 fully saturated rings. The van der Waals surface area contributed by atoms with Crippen LogP contribution in [0.1, 0.15) is 48.5 Å². The number of urea groups is 1. The molecule has 2 amide bonds. The Bertz CT molecular complexity index is 443. The molecular weight excluding hydrogens is 268 g/mol. The molecule has 1 rings (SSSR count). The summed E-state index contributed by atoms with van der Waals surface area (Å²) in [5.74, 6) is -0.929. The molecule has 0 spiro atoms. The second-order valence-electron chi connectivity index (χ2n) is 5.00. The van der Waals surface area contributed by atoms with E-state index in [9.17, 15) is 9.59 Å². The van der Waals surface area contributed by atoms with Crippen LogP contribution in [0.2, 0.25) is 0 Å². The largest absolute Gasteiger partial charge is 0.478 e. The fraction of sp³-hybridized carbons (Fsp3) is 0.500. The predicted molar refractivity (Wildman–Crippen MR) is 82.6 cm³/mol. The Balaban J connectivity index is 2.15. The van der Waals surface area contributed by atoms with Crippen LogP contribution in [0.4, 0.5) is 4.79 Å². The standard InChI is InChI=1S/C16H24N2O3/c1-2-3-4-5-11-17-16(21)18-12-10-13-6-8-14(9-7-13)15(19)20/h6-9H,2-5,10-12H2,1H3,(H,19,20)(H2,17,18,21). The lowest BCUT2D eigenvalue weighted by atomic mass is 10.1. The van der Waals surface area contributed by atoms with Crippen molar-refractivity contribution in [3.05, 3.63) is 35.4 Å². The molecule has 1 aromatic rings. The van der Waals surface area contributed by atoms with E-state index in [0.717, 1.165) is 18.4 Å². The van der Waals surface area contributed by atoms with Crippen LogP contribution in [0.15, 0.2) is 24.3 Å². The summed E-state index contributed by atoms with van der Waals surface area (Å²) in [4.78, 5) is 22.2. The van der Waals surface area contributed by atoms with Crippen molar-refractivity contribution >= 4 is 12.0 Å². The fourth-order valence-electron chi connectivity index (χ4n) is 1.95. The van der Waals surface area contributed by atoms with E-state index in [0.29, 0.717) is 19.5 Å². The maximum Gasteiger partial charge on any atom is 0.335 e. The van der Waals surface area contributed by atoms with Crippen LogP contribution in [0, 0.1) is 0 Å². The number of hydrogen-bond acceptors (Lipinski definition) is 2. The van der Waals surface area contributed by atoms with Crippen molar-refractivity contribution in [2.24, 2.45) is 0 Å². The summed E-state index contributed by atoms with van der Waals surface area (Å²) in [6.45, 7) is 3.40. The third kappa shape index (κ3) is 7.34. The van der Waals surface area contributed by atoms with E-state index in [1.54, 1.807) is 24.3 Å². The summed E-state index contributed by atoms with van der Waals surface area (Å²) in [6.07, 6.45) is 5.23. The number of aromatic carboxylic acids is 1. The number of carbonyl (C=O) groups excluding carboxylic acids is 1. The molecule has 0 atom stereocenters. The molecule has 3 N–H and O–H groups in total. The third-order valence-electron chi connectivity index (χ3n) is 3.22. The molecule has 21 heavy (non-hydrogen) atoms. The molecule has 5 heteroatoms. The molecule has 0 radical (unpaired) electrons. The van der Waals surface area contributed by atoms with Crippen molar-refractivity contribution in [2.75, 3.05) is 13.1 Å². The first kappa shape index (κ1) is 17.0. The number of amides is 2. The highest BCUT2D eigenvalue weighted by Gasteiger charge is 2.02. The van der Waals surface area contributed by atoms with Crippen LogP contribution < -0.4 is 10.6 Å². The van der Waals surface area contributed by atoms with Gasteiger partial charge in [0.15, 0.2) is 0 Å². The number of carboxylic acids is 1. The first-order chi connectivity index (χ1) is 10.1. The van der Waals surface area contributed by atoms with Crippen LogP contribution in [0.5, 0.6) is 0 Å². The maximum atomic E-state index is 11.5. The number of rotatable bonds is 9. The van der Waals surface area contributed by atoms with Gasteiger partial charge in [0.25, 0.3) is 0 Å². The Morgan fingerprint density at radius 1 is 1.00 bits per heavy atom. The van der Waals surface area contributed by atoms with Gasteiger partial charge in [-0.2, -0.15) is 0 Å². The molecule has 1 aromatic carbocycles. The summed E-state index contributed by atoms with van der Waals surface area (Å²) in [6, 6.07) is 6.55. The van der Waals surface area contributed by atoms with E-state index in [1.807, 2.05) is 0 Å². The Kier molecular flexibility index (Phi) is 7.94. The summed E-state index contributed by atoms with van der Waals surface area (Å²) in [5.41, 5.74) is 1.28. The molecule has 0 aliphatic rings. The summed E-state index contributed by atoms with van der Waals surface area (Å²) >= 11 is 0. The number of nitrogens with one attached hydrogen (secondary N) is 2. The van der Waals surface area contributed by atoms with E-state index >= 15 is 0 Å². The molecule has 0 bridgehead atoms. The highest BCUT2D eigenvalue weighted by atomic mass is 16.4. The van der Waals surface area contributed by atoms with Gasteiger partial charge in [-0.1, -0.05) is 38.3 Å². The number of carboxylic acid groups (broad SMARTS) is 1. The van der Waals surface area contributed by atoms with Crippen molar-refractivity contribution in [1.82, 2.24) is 10.6 Å². The average Bonchev–Trinajstić information content (AvgIpc) is 2.47. The average molecular weight is 292 g/mol. The van der Waals surface area contributed by atoms with Crippen LogP contribution in [0.3, 0.4) is 0 Å². The topological polar surface area (TPSA) is 78.4 Å². The Labute approximate surface area is 125 Å². The van der Waals surface area contributed by atoms with Gasteiger partial charge in [-0.3, -0.25) is 0 Å². The van der Waals surface area contributed by atoms with Crippen LogP contribution in [-0.4, -0.2) is 30.2 Å². The normalized spacial score (nSPS) is 10.1. The van der Waals surface area contributed by atoms with Gasteiger partial charge in [0.05, 0.1) is 5.56 Å². The summed E-state index contributed by atoms with van der Waals surface area (Å²) in [5, 5.41) is 14.4. The zero-order valence-electron chi connectivity index (χ0n) is 12.5. The zero-order valence-corrected chi connectivity index (χ0v) is 12.5. The van der Waals surface area contributed by atoms with Gasteiger partial charge < -0.3 is 15.7 Å². The van der Waals surface area contributed by atoms with Crippen molar-refractivity contribution in [2.45, 2.75) is 39.0 Å². The van der Waals surface area contributed by atoms with Crippen molar-refractivity contribution in [1.29, 1.82) is 0 Å². The van der Waals surface area contributed by atoms with Gasteiger partial charge in [0.1, 0.15) is 0 Å². The lowest BCUT2D eigenvalue weighted by molar-refractivity contribution is 0.0697. The Hall–Kier alpha value is -2.04. The van der Waals surface area contributed by atoms with Gasteiger partial charge in [-0.05, 0) is 30.5 Å². The molecule has 116 valence electrons. The highest BCUT2D eigenvalue weighted by molar-refractivity contribution is 5.87. The number of carbonyl (C=O) groups is 2. The van der Waals surface area contributed by atoms with Crippen LogP contribution >= 0.6 is 0 Å². The van der Waals surface area contributed by atoms with E-state index in [-0.39, 0.29) is 11.6 Å². The van der Waals surface area contributed by atoms with Gasteiger partial charge in [-0.25, -0.2) is 9.59 Å². The minimum Gasteiger partial charge on any atom is -0.478 e. The van der Waals surface area contributed by atoms with Crippen molar-refractivity contribution < 1.29 is 14.7 Å². The molecule has 0 aliphatic carbocycles. The molecule has 5 nitrogen and oxygen atoms in total. The lowest BCUT2D eigenvalue weighted by Gasteiger charge is -2.07. The van der Waals surface area contributed by atoms with Gasteiger partial charge in [0.2, 0.25) is 0 Å². The minimum absolute atomic E-state index is 0.145. The fourth-order valence-corrected chi connectivity index (χ4v) is 1.95. The molecule has 0 aliphatic heterocycles. The molecule has 0 unspecified atom stereocenters. The Morgan fingerprint density at radius 3 is 2.29 bits per heavy atom. The summed E-state index contributed by atoms with van der Waals surface area (Å²) in [7, 11) is 0. The van der Waals surface area contributed by atoms with Crippen molar-refractivity contribution in [3.8, 4) is 0 Å². The number of benzene rings is 1. The second kappa shape index (κ2) is 9.80. The quantitative estimate of drug-likeness (QED) is 0.612. The first-order valence-electron chi connectivity index (χ1n) is 7.47. The van der Waals surface area contributed by atoms with E-state index in [1.165, 1.54) is 12.8 Å². The molecule has 0 saturated heterocycles. The minimum atomic E-state index is -0.929. The monoisotopic (exact) mass is 292 g/mol. The zero-order chi connectivity index (χ0) is 15.5. The molecule has 0 heterocycles. The summed E-state index contributed by atoms with van der Waals surface area (Å²) < 4.78 is 0. The molecular formula is C16H24N2O3. The molecule has 0 saturated carbocycles. The van der Waals surface area contributed by atoms with E-state index < -0.39 is 5.97 Å². The van der Waals surface area contributed by atoms with Crippen molar-refractivity contribution in [3.63, 3.8) is 0 Å². The number of hydrogen-bond donors (Lipinski definition) is 3. The maximum absolute atomic E-state index is 11.5.